The predicted molar refractivity (Wildman–Crippen MR) is 211 cm³/mol. The van der Waals surface area contributed by atoms with E-state index in [1.807, 2.05) is 0 Å². The van der Waals surface area contributed by atoms with E-state index < -0.39 is 79.6 Å². The number of hydrogen-bond acceptors (Lipinski definition) is 21. The van der Waals surface area contributed by atoms with Gasteiger partial charge in [0.05, 0.1) is 48.5 Å². The average Bonchev–Trinajstić information content (AvgIpc) is 3.17. The van der Waals surface area contributed by atoms with Crippen molar-refractivity contribution in [2.24, 2.45) is 30.7 Å². The van der Waals surface area contributed by atoms with Crippen molar-refractivity contribution in [3.63, 3.8) is 0 Å². The van der Waals surface area contributed by atoms with Gasteiger partial charge in [-0.2, -0.15) is 15.3 Å². The van der Waals surface area contributed by atoms with Gasteiger partial charge in [0.2, 0.25) is 0 Å². The molecule has 0 amide bonds. The third-order valence-electron chi connectivity index (χ3n) is 7.69. The van der Waals surface area contributed by atoms with Gasteiger partial charge >= 0.3 is 59.1 Å². The smallest absolute Gasteiger partial charge is 0.768 e. The minimum atomic E-state index is -5.36. The van der Waals surface area contributed by atoms with Gasteiger partial charge in [0, 0.05) is 28.4 Å². The van der Waals surface area contributed by atoms with Gasteiger partial charge in [-0.3, -0.25) is 14.3 Å². The van der Waals surface area contributed by atoms with Crippen LogP contribution in [0, 0.1) is 10.1 Å². The first-order valence-electron chi connectivity index (χ1n) is 16.0. The summed E-state index contributed by atoms with van der Waals surface area (Å²) in [7, 11) is -10.7. The zero-order valence-corrected chi connectivity index (χ0v) is 38.0. The molecule has 0 radical (unpaired) electrons. The van der Waals surface area contributed by atoms with E-state index in [2.05, 4.69) is 30.7 Å². The monoisotopic (exact) mass is 906 g/mol. The molecule has 9 N–H and O–H groups in total. The zero-order valence-electron chi connectivity index (χ0n) is 31.5. The fourth-order valence-electron chi connectivity index (χ4n) is 4.89. The van der Waals surface area contributed by atoms with E-state index in [-0.39, 0.29) is 81.1 Å². The number of benzene rings is 6. The van der Waals surface area contributed by atoms with Gasteiger partial charge < -0.3 is 41.7 Å². The fourth-order valence-corrected chi connectivity index (χ4v) is 6.55. The molecule has 6 aromatic rings. The van der Waals surface area contributed by atoms with Crippen LogP contribution in [0.25, 0.3) is 10.8 Å². The molecule has 1 atom stereocenters. The van der Waals surface area contributed by atoms with E-state index in [0.717, 1.165) is 12.1 Å². The molecule has 0 aromatic heterocycles. The molecule has 6 aromatic carbocycles. The SMILES string of the molecule is Nc1ccc(N=Nc2c(S(=O)(=O)[O-])cc3cc(S(=O)(=O)[O-])c(N=Nc4ccc([N+](=O)[O-])cc4)c(O)c3c2N)cc1.Nc1ccc(N=Nc2ccc(S(=O)[O-])cc2)c(N)c1.[Na+].[Na+]. The number of anilines is 4. The molecular weight excluding hydrogens is 881 g/mol. The van der Waals surface area contributed by atoms with Crippen molar-refractivity contribution in [1.29, 1.82) is 0 Å². The summed E-state index contributed by atoms with van der Waals surface area (Å²) in [5, 5.41) is 43.9. The maximum atomic E-state index is 12.0. The first-order valence-corrected chi connectivity index (χ1v) is 19.9. The standard InChI is InChI=1S/C22H17N7O9S2.C12H12N4O2S.2Na/c23-12-1-3-13(4-2-12)25-27-20-16(39(33,34)35)9-11-10-17(40(36,37)38)21(22(30)18(11)19(20)24)28-26-14-5-7-15(8-6-14)29(31)32;13-8-1-6-12(11(14)7-8)16-15-9-2-4-10(5-3-9)19(17)18;;/h1-10,30H,23-24H2,(H,33,34,35)(H,36,37,38);1-7H,13-14H2,(H,17,18);;/q;;2*+1/p-3. The summed E-state index contributed by atoms with van der Waals surface area (Å²) in [4.78, 5) is 8.24. The number of nitrogens with zero attached hydrogens (tertiary/aromatic N) is 7. The largest absolute Gasteiger partial charge is 1.00 e. The minimum Gasteiger partial charge on any atom is -0.768 e. The number of nitrogen functional groups attached to an aromatic ring is 4. The second-order valence-electron chi connectivity index (χ2n) is 11.7. The summed E-state index contributed by atoms with van der Waals surface area (Å²) in [6, 6.07) is 22.6. The number of hydrogen-bond donors (Lipinski definition) is 5. The molecule has 304 valence electrons. The van der Waals surface area contributed by atoms with Crippen LogP contribution in [-0.4, -0.2) is 44.7 Å². The molecule has 22 nitrogen and oxygen atoms in total. The van der Waals surface area contributed by atoms with Crippen LogP contribution in [0.15, 0.2) is 149 Å². The molecule has 6 rings (SSSR count). The number of nitrogens with two attached hydrogens (primary N) is 4. The van der Waals surface area contributed by atoms with Crippen molar-refractivity contribution in [3.8, 4) is 5.75 Å². The van der Waals surface area contributed by atoms with E-state index in [1.165, 1.54) is 48.5 Å². The quantitative estimate of drug-likeness (QED) is 0.0241. The van der Waals surface area contributed by atoms with Gasteiger partial charge in [-0.1, -0.05) is 0 Å². The molecule has 0 aliphatic carbocycles. The van der Waals surface area contributed by atoms with Crippen LogP contribution in [0.4, 0.5) is 62.6 Å². The fraction of sp³-hybridized carbons (Fsp3) is 0. The van der Waals surface area contributed by atoms with Crippen molar-refractivity contribution in [1.82, 2.24) is 0 Å². The van der Waals surface area contributed by atoms with Crippen LogP contribution in [0.1, 0.15) is 0 Å². The Labute approximate surface area is 392 Å². The minimum absolute atomic E-state index is 0. The first-order chi connectivity index (χ1) is 27.7. The Morgan fingerprint density at radius 3 is 1.52 bits per heavy atom. The summed E-state index contributed by atoms with van der Waals surface area (Å²) < 4.78 is 93.4. The Bertz CT molecular complexity index is 2940. The number of phenolic OH excluding ortho intramolecular Hbond substituents is 1. The molecule has 0 bridgehead atoms. The number of phenols is 1. The van der Waals surface area contributed by atoms with Gasteiger partial charge in [0.25, 0.3) is 5.69 Å². The number of azo groups is 3. The number of aromatic hydroxyl groups is 1. The maximum Gasteiger partial charge on any atom is 1.00 e. The Morgan fingerprint density at radius 1 is 0.607 bits per heavy atom. The van der Waals surface area contributed by atoms with Crippen LogP contribution in [-0.2, 0) is 31.3 Å². The molecule has 0 heterocycles. The van der Waals surface area contributed by atoms with Gasteiger partial charge in [0.1, 0.15) is 37.3 Å². The van der Waals surface area contributed by atoms with Crippen LogP contribution >= 0.6 is 0 Å². The van der Waals surface area contributed by atoms with Crippen molar-refractivity contribution < 1.29 is 104 Å². The molecule has 0 fully saturated rings. The molecule has 27 heteroatoms. The summed E-state index contributed by atoms with van der Waals surface area (Å²) in [5.41, 5.74) is 23.2. The van der Waals surface area contributed by atoms with Gasteiger partial charge in [-0.05, 0) is 107 Å². The predicted octanol–water partition coefficient (Wildman–Crippen LogP) is 0.769. The molecule has 0 saturated heterocycles. The third kappa shape index (κ3) is 12.9. The van der Waals surface area contributed by atoms with Crippen molar-refractivity contribution in [3.05, 3.63) is 113 Å². The summed E-state index contributed by atoms with van der Waals surface area (Å²) in [5.74, 6) is -1.01. The molecular formula is C34H26N11Na2O11S3-. The Balaban J connectivity index is 0.000000397. The maximum absolute atomic E-state index is 12.0. The van der Waals surface area contributed by atoms with Gasteiger partial charge in [-0.15, -0.1) is 15.3 Å². The Kier molecular flexibility index (Phi) is 17.2. The molecule has 0 saturated carbocycles. The molecule has 61 heavy (non-hydrogen) atoms. The molecule has 0 aliphatic rings. The Morgan fingerprint density at radius 2 is 1.05 bits per heavy atom. The number of nitro groups is 1. The van der Waals surface area contributed by atoms with E-state index in [4.69, 9.17) is 22.9 Å². The van der Waals surface area contributed by atoms with Crippen molar-refractivity contribution in [2.75, 3.05) is 22.9 Å². The second-order valence-corrected chi connectivity index (χ2v) is 15.4. The summed E-state index contributed by atoms with van der Waals surface area (Å²) >= 11 is -2.24. The second kappa shape index (κ2) is 21.0. The normalized spacial score (nSPS) is 12.1. The van der Waals surface area contributed by atoms with E-state index in [0.29, 0.717) is 40.6 Å². The van der Waals surface area contributed by atoms with Crippen LogP contribution < -0.4 is 82.0 Å². The van der Waals surface area contributed by atoms with Crippen molar-refractivity contribution in [2.45, 2.75) is 14.7 Å². The van der Waals surface area contributed by atoms with Gasteiger partial charge in [0.15, 0.2) is 5.75 Å². The first kappa shape index (κ1) is 50.1. The van der Waals surface area contributed by atoms with Crippen molar-refractivity contribution >= 4 is 105 Å². The zero-order chi connectivity index (χ0) is 43.2. The average molecular weight is 907 g/mol. The topological polar surface area (TPSA) is 396 Å². The van der Waals surface area contributed by atoms with Crippen LogP contribution in [0.5, 0.6) is 5.75 Å². The number of fused-ring (bicyclic) bond motifs is 1. The number of non-ortho nitro benzene ring substituents is 1. The molecule has 0 aliphatic heterocycles. The Hall–Kier alpha value is -5.29. The van der Waals surface area contributed by atoms with Crippen LogP contribution in [0.2, 0.25) is 0 Å². The van der Waals surface area contributed by atoms with Crippen LogP contribution in [0.3, 0.4) is 0 Å². The van der Waals surface area contributed by atoms with E-state index >= 15 is 0 Å². The van der Waals surface area contributed by atoms with E-state index in [1.54, 1.807) is 30.3 Å². The summed E-state index contributed by atoms with van der Waals surface area (Å²) in [6.07, 6.45) is 0. The number of rotatable bonds is 10. The molecule has 0 spiro atoms. The molecule has 1 unspecified atom stereocenters. The van der Waals surface area contributed by atoms with E-state index in [9.17, 15) is 49.9 Å². The van der Waals surface area contributed by atoms with Gasteiger partial charge in [-0.25, -0.2) is 16.8 Å². The summed E-state index contributed by atoms with van der Waals surface area (Å²) in [6.45, 7) is 0. The number of nitro benzene ring substituents is 1. The third-order valence-corrected chi connectivity index (χ3v) is 10.0.